The smallest absolute Gasteiger partial charge is 0.122 e. The first-order valence-electron chi connectivity index (χ1n) is 5.10. The fraction of sp³-hybridized carbons (Fsp3) is 0.455. The second kappa shape index (κ2) is 6.37. The van der Waals surface area contributed by atoms with Crippen LogP contribution < -0.4 is 15.8 Å². The van der Waals surface area contributed by atoms with Crippen LogP contribution >= 0.6 is 0 Å². The molecule has 0 bridgehead atoms. The first-order valence-corrected chi connectivity index (χ1v) is 6.83. The standard InChI is InChI=1S/C11H18N2O2S/c1-15-11-7-9(12)6-10(8-11)13-4-3-5-16(2)14/h6-8,13H,3-5,12H2,1-2H3. The van der Waals surface area contributed by atoms with E-state index in [4.69, 9.17) is 10.5 Å². The molecule has 1 aromatic carbocycles. The number of nitrogen functional groups attached to an aromatic ring is 1. The van der Waals surface area contributed by atoms with Gasteiger partial charge in [0, 0.05) is 52.9 Å². The molecule has 1 rings (SSSR count). The Labute approximate surface area is 98.6 Å². The van der Waals surface area contributed by atoms with Crippen molar-refractivity contribution in [1.29, 1.82) is 0 Å². The number of methoxy groups -OCH3 is 1. The minimum Gasteiger partial charge on any atom is -0.497 e. The monoisotopic (exact) mass is 242 g/mol. The third kappa shape index (κ3) is 4.53. The molecule has 0 aromatic heterocycles. The maximum absolute atomic E-state index is 10.9. The lowest BCUT2D eigenvalue weighted by Gasteiger charge is -2.09. The Balaban J connectivity index is 2.47. The highest BCUT2D eigenvalue weighted by Gasteiger charge is 1.99. The van der Waals surface area contributed by atoms with Crippen LogP contribution in [-0.4, -0.2) is 29.9 Å². The highest BCUT2D eigenvalue weighted by molar-refractivity contribution is 7.84. The minimum absolute atomic E-state index is 0.668. The van der Waals surface area contributed by atoms with E-state index in [1.165, 1.54) is 0 Å². The summed E-state index contributed by atoms with van der Waals surface area (Å²) in [4.78, 5) is 0. The topological polar surface area (TPSA) is 64.3 Å². The van der Waals surface area contributed by atoms with Crippen molar-refractivity contribution < 1.29 is 8.95 Å². The SMILES string of the molecule is COc1cc(N)cc(NCCCS(C)=O)c1. The van der Waals surface area contributed by atoms with Gasteiger partial charge < -0.3 is 15.8 Å². The molecule has 3 N–H and O–H groups in total. The second-order valence-electron chi connectivity index (χ2n) is 3.55. The van der Waals surface area contributed by atoms with Gasteiger partial charge in [-0.3, -0.25) is 4.21 Å². The largest absolute Gasteiger partial charge is 0.497 e. The van der Waals surface area contributed by atoms with Crippen LogP contribution in [-0.2, 0) is 10.8 Å². The molecule has 1 unspecified atom stereocenters. The zero-order chi connectivity index (χ0) is 12.0. The fourth-order valence-electron chi connectivity index (χ4n) is 1.35. The minimum atomic E-state index is -0.723. The number of anilines is 2. The Kier molecular flexibility index (Phi) is 5.11. The molecule has 0 aliphatic heterocycles. The maximum Gasteiger partial charge on any atom is 0.122 e. The van der Waals surface area contributed by atoms with Crippen molar-refractivity contribution in [2.45, 2.75) is 6.42 Å². The summed E-state index contributed by atoms with van der Waals surface area (Å²) < 4.78 is 16.0. The van der Waals surface area contributed by atoms with Gasteiger partial charge in [-0.2, -0.15) is 0 Å². The summed E-state index contributed by atoms with van der Waals surface area (Å²) in [6.07, 6.45) is 2.59. The summed E-state index contributed by atoms with van der Waals surface area (Å²) >= 11 is 0. The van der Waals surface area contributed by atoms with E-state index < -0.39 is 10.8 Å². The average molecular weight is 242 g/mol. The molecule has 1 aromatic rings. The maximum atomic E-state index is 10.9. The summed E-state index contributed by atoms with van der Waals surface area (Å²) in [5, 5.41) is 3.22. The van der Waals surface area contributed by atoms with Crippen molar-refractivity contribution in [1.82, 2.24) is 0 Å². The van der Waals surface area contributed by atoms with Gasteiger partial charge >= 0.3 is 0 Å². The molecule has 0 spiro atoms. The van der Waals surface area contributed by atoms with Crippen molar-refractivity contribution in [3.8, 4) is 5.75 Å². The Bertz CT molecular complexity index is 369. The van der Waals surface area contributed by atoms with E-state index in [2.05, 4.69) is 5.32 Å². The van der Waals surface area contributed by atoms with Gasteiger partial charge in [-0.15, -0.1) is 0 Å². The molecule has 0 amide bonds. The van der Waals surface area contributed by atoms with Gasteiger partial charge in [0.15, 0.2) is 0 Å². The highest BCUT2D eigenvalue weighted by Crippen LogP contribution is 2.21. The summed E-state index contributed by atoms with van der Waals surface area (Å²) in [5.74, 6) is 1.45. The first kappa shape index (κ1) is 12.8. The zero-order valence-corrected chi connectivity index (χ0v) is 10.5. The van der Waals surface area contributed by atoms with Crippen LogP contribution in [0.2, 0.25) is 0 Å². The van der Waals surface area contributed by atoms with Crippen LogP contribution in [0.15, 0.2) is 18.2 Å². The number of hydrogen-bond donors (Lipinski definition) is 2. The van der Waals surface area contributed by atoms with Crippen molar-refractivity contribution in [2.24, 2.45) is 0 Å². The number of nitrogens with two attached hydrogens (primary N) is 1. The van der Waals surface area contributed by atoms with Crippen LogP contribution in [0.4, 0.5) is 11.4 Å². The number of ether oxygens (including phenoxy) is 1. The van der Waals surface area contributed by atoms with Crippen LogP contribution in [0.1, 0.15) is 6.42 Å². The molecule has 0 saturated heterocycles. The normalized spacial score (nSPS) is 12.1. The van der Waals surface area contributed by atoms with Gasteiger partial charge in [-0.25, -0.2) is 0 Å². The molecule has 0 radical (unpaired) electrons. The molecule has 1 atom stereocenters. The molecule has 0 aliphatic rings. The number of nitrogens with one attached hydrogen (secondary N) is 1. The van der Waals surface area contributed by atoms with Gasteiger partial charge in [0.25, 0.3) is 0 Å². The number of benzene rings is 1. The van der Waals surface area contributed by atoms with Crippen molar-refractivity contribution >= 4 is 22.2 Å². The number of hydrogen-bond acceptors (Lipinski definition) is 4. The molecule has 4 nitrogen and oxygen atoms in total. The number of rotatable bonds is 6. The van der Waals surface area contributed by atoms with E-state index in [9.17, 15) is 4.21 Å². The van der Waals surface area contributed by atoms with Crippen LogP contribution in [0, 0.1) is 0 Å². The summed E-state index contributed by atoms with van der Waals surface area (Å²) in [6, 6.07) is 5.51. The predicted molar refractivity (Wildman–Crippen MR) is 69.4 cm³/mol. The first-order chi connectivity index (χ1) is 7.61. The Morgan fingerprint density at radius 3 is 2.81 bits per heavy atom. The molecule has 0 aliphatic carbocycles. The van der Waals surface area contributed by atoms with Crippen molar-refractivity contribution in [2.75, 3.05) is 36.7 Å². The van der Waals surface area contributed by atoms with Gasteiger partial charge in [-0.1, -0.05) is 0 Å². The zero-order valence-electron chi connectivity index (χ0n) is 9.66. The van der Waals surface area contributed by atoms with Crippen molar-refractivity contribution in [3.63, 3.8) is 0 Å². The van der Waals surface area contributed by atoms with E-state index in [0.29, 0.717) is 11.4 Å². The lowest BCUT2D eigenvalue weighted by molar-refractivity contribution is 0.415. The van der Waals surface area contributed by atoms with Gasteiger partial charge in [0.2, 0.25) is 0 Å². The lowest BCUT2D eigenvalue weighted by Crippen LogP contribution is -2.06. The molecular formula is C11H18N2O2S. The lowest BCUT2D eigenvalue weighted by atomic mass is 10.2. The summed E-state index contributed by atoms with van der Waals surface area (Å²) in [5.41, 5.74) is 7.32. The summed E-state index contributed by atoms with van der Waals surface area (Å²) in [7, 11) is 0.887. The molecule has 0 heterocycles. The van der Waals surface area contributed by atoms with E-state index in [0.717, 1.165) is 24.4 Å². The van der Waals surface area contributed by atoms with Crippen LogP contribution in [0.3, 0.4) is 0 Å². The second-order valence-corrected chi connectivity index (χ2v) is 5.11. The average Bonchev–Trinajstić information content (AvgIpc) is 2.23. The van der Waals surface area contributed by atoms with Crippen molar-refractivity contribution in [3.05, 3.63) is 18.2 Å². The molecular weight excluding hydrogens is 224 g/mol. The molecule has 0 saturated carbocycles. The van der Waals surface area contributed by atoms with E-state index in [-0.39, 0.29) is 0 Å². The highest BCUT2D eigenvalue weighted by atomic mass is 32.2. The van der Waals surface area contributed by atoms with Gasteiger partial charge in [-0.05, 0) is 12.5 Å². The van der Waals surface area contributed by atoms with E-state index in [1.807, 2.05) is 12.1 Å². The third-order valence-corrected chi connectivity index (χ3v) is 2.97. The fourth-order valence-corrected chi connectivity index (χ4v) is 1.90. The summed E-state index contributed by atoms with van der Waals surface area (Å²) in [6.45, 7) is 0.784. The van der Waals surface area contributed by atoms with E-state index in [1.54, 1.807) is 19.4 Å². The predicted octanol–water partition coefficient (Wildman–Crippen LogP) is 1.46. The molecule has 0 fully saturated rings. The Hall–Kier alpha value is -1.23. The van der Waals surface area contributed by atoms with Crippen LogP contribution in [0.25, 0.3) is 0 Å². The third-order valence-electron chi connectivity index (χ3n) is 2.10. The van der Waals surface area contributed by atoms with Gasteiger partial charge in [0.1, 0.15) is 5.75 Å². The van der Waals surface area contributed by atoms with E-state index >= 15 is 0 Å². The molecule has 16 heavy (non-hydrogen) atoms. The quantitative estimate of drug-likeness (QED) is 0.585. The van der Waals surface area contributed by atoms with Crippen LogP contribution in [0.5, 0.6) is 5.75 Å². The molecule has 90 valence electrons. The van der Waals surface area contributed by atoms with Gasteiger partial charge in [0.05, 0.1) is 7.11 Å². The Morgan fingerprint density at radius 2 is 2.19 bits per heavy atom. The Morgan fingerprint density at radius 1 is 1.44 bits per heavy atom. The molecule has 5 heteroatoms.